The van der Waals surface area contributed by atoms with Gasteiger partial charge in [-0.25, -0.2) is 15.4 Å². The third-order valence-corrected chi connectivity index (χ3v) is 4.29. The van der Waals surface area contributed by atoms with Gasteiger partial charge in [-0.3, -0.25) is 0 Å². The van der Waals surface area contributed by atoms with Gasteiger partial charge in [-0.1, -0.05) is 18.2 Å². The molecule has 0 bridgehead atoms. The van der Waals surface area contributed by atoms with E-state index in [2.05, 4.69) is 26.9 Å². The summed E-state index contributed by atoms with van der Waals surface area (Å²) < 4.78 is 1.07. The zero-order chi connectivity index (χ0) is 12.8. The molecule has 0 radical (unpaired) electrons. The Morgan fingerprint density at radius 1 is 1.16 bits per heavy atom. The molecule has 19 heavy (non-hydrogen) atoms. The summed E-state index contributed by atoms with van der Waals surface area (Å²) >= 11 is 7.65. The average Bonchev–Trinajstić information content (AvgIpc) is 3.03. The average molecular weight is 289 g/mol. The van der Waals surface area contributed by atoms with Crippen molar-refractivity contribution in [1.82, 2.24) is 15.4 Å². The molecule has 3 heterocycles. The van der Waals surface area contributed by atoms with Crippen molar-refractivity contribution in [3.63, 3.8) is 0 Å². The molecule has 6 heteroatoms. The van der Waals surface area contributed by atoms with Crippen LogP contribution in [0.3, 0.4) is 0 Å². The Labute approximate surface area is 118 Å². The van der Waals surface area contributed by atoms with Gasteiger partial charge >= 0.3 is 0 Å². The Morgan fingerprint density at radius 3 is 3.00 bits per heavy atom. The molecule has 4 rings (SSSR count). The quantitative estimate of drug-likeness (QED) is 0.674. The minimum atomic E-state index is -0.00199. The molecule has 1 aliphatic heterocycles. The predicted octanol–water partition coefficient (Wildman–Crippen LogP) is 3.36. The number of hydrazine groups is 1. The number of nitrogens with one attached hydrogen (secondary N) is 2. The number of nitrogens with zero attached hydrogens (tertiary/aromatic N) is 2. The van der Waals surface area contributed by atoms with E-state index in [1.165, 1.54) is 5.56 Å². The van der Waals surface area contributed by atoms with Gasteiger partial charge < -0.3 is 5.43 Å². The first-order valence-electron chi connectivity index (χ1n) is 5.84. The number of aromatic nitrogens is 2. The van der Waals surface area contributed by atoms with Crippen LogP contribution in [0.15, 0.2) is 35.7 Å². The van der Waals surface area contributed by atoms with Gasteiger partial charge in [0.15, 0.2) is 0 Å². The lowest BCUT2D eigenvalue weighted by Gasteiger charge is -2.11. The molecule has 0 saturated carbocycles. The third-order valence-electron chi connectivity index (χ3n) is 3.20. The van der Waals surface area contributed by atoms with Gasteiger partial charge in [-0.15, -0.1) is 11.3 Å². The zero-order valence-corrected chi connectivity index (χ0v) is 11.3. The number of benzene rings is 1. The molecule has 1 aliphatic rings. The van der Waals surface area contributed by atoms with E-state index in [0.717, 1.165) is 21.6 Å². The van der Waals surface area contributed by atoms with E-state index in [4.69, 9.17) is 11.6 Å². The van der Waals surface area contributed by atoms with E-state index in [1.807, 2.05) is 29.6 Å². The number of para-hydroxylation sites is 1. The molecule has 0 saturated heterocycles. The largest absolute Gasteiger partial charge is 0.320 e. The number of hydrogen-bond donors (Lipinski definition) is 2. The molecule has 2 N–H and O–H groups in total. The van der Waals surface area contributed by atoms with Gasteiger partial charge in [0.25, 0.3) is 0 Å². The number of thiophene rings is 1. The highest BCUT2D eigenvalue weighted by Crippen LogP contribution is 2.36. The molecule has 3 aromatic rings. The molecular weight excluding hydrogens is 280 g/mol. The van der Waals surface area contributed by atoms with Crippen LogP contribution in [0.1, 0.15) is 17.3 Å². The molecular formula is C13H9ClN4S. The van der Waals surface area contributed by atoms with Gasteiger partial charge in [0.05, 0.1) is 27.6 Å². The van der Waals surface area contributed by atoms with Crippen LogP contribution in [0.4, 0.5) is 5.69 Å². The SMILES string of the molecule is Clc1nc(C2NNc3ccccc32)c2sccc2n1. The van der Waals surface area contributed by atoms with Crippen LogP contribution in [0, 0.1) is 0 Å². The summed E-state index contributed by atoms with van der Waals surface area (Å²) in [5, 5.41) is 2.29. The van der Waals surface area contributed by atoms with Crippen LogP contribution in [-0.2, 0) is 0 Å². The first-order valence-corrected chi connectivity index (χ1v) is 7.10. The van der Waals surface area contributed by atoms with Crippen molar-refractivity contribution in [2.75, 3.05) is 5.43 Å². The van der Waals surface area contributed by atoms with Crippen LogP contribution in [0.25, 0.3) is 10.2 Å². The number of fused-ring (bicyclic) bond motifs is 2. The van der Waals surface area contributed by atoms with E-state index in [-0.39, 0.29) is 11.3 Å². The standard InChI is InChI=1S/C13H9ClN4S/c14-13-15-9-5-6-19-12(9)11(16-13)10-7-3-1-2-4-8(7)17-18-10/h1-6,10,17-18H. The Hall–Kier alpha value is -1.69. The highest BCUT2D eigenvalue weighted by atomic mass is 35.5. The molecule has 1 unspecified atom stereocenters. The molecule has 94 valence electrons. The lowest BCUT2D eigenvalue weighted by Crippen LogP contribution is -2.21. The second-order valence-corrected chi connectivity index (χ2v) is 5.56. The smallest absolute Gasteiger partial charge is 0.223 e. The molecule has 0 aliphatic carbocycles. The van der Waals surface area contributed by atoms with Gasteiger partial charge in [0, 0.05) is 5.56 Å². The molecule has 0 amide bonds. The summed E-state index contributed by atoms with van der Waals surface area (Å²) in [7, 11) is 0. The molecule has 1 atom stereocenters. The fourth-order valence-corrected chi connectivity index (χ4v) is 3.39. The van der Waals surface area contributed by atoms with Crippen molar-refractivity contribution in [3.05, 3.63) is 52.3 Å². The zero-order valence-electron chi connectivity index (χ0n) is 9.72. The second kappa shape index (κ2) is 4.16. The summed E-state index contributed by atoms with van der Waals surface area (Å²) in [6.07, 6.45) is 0. The van der Waals surface area contributed by atoms with E-state index < -0.39 is 0 Å². The normalized spacial score (nSPS) is 17.4. The van der Waals surface area contributed by atoms with E-state index >= 15 is 0 Å². The van der Waals surface area contributed by atoms with E-state index in [1.54, 1.807) is 11.3 Å². The maximum atomic E-state index is 6.02. The minimum Gasteiger partial charge on any atom is -0.320 e. The highest BCUT2D eigenvalue weighted by molar-refractivity contribution is 7.17. The highest BCUT2D eigenvalue weighted by Gasteiger charge is 2.26. The van der Waals surface area contributed by atoms with Crippen molar-refractivity contribution in [2.24, 2.45) is 0 Å². The van der Waals surface area contributed by atoms with Crippen molar-refractivity contribution in [2.45, 2.75) is 6.04 Å². The lowest BCUT2D eigenvalue weighted by molar-refractivity contribution is 0.711. The lowest BCUT2D eigenvalue weighted by atomic mass is 10.0. The van der Waals surface area contributed by atoms with Crippen molar-refractivity contribution in [3.8, 4) is 0 Å². The monoisotopic (exact) mass is 288 g/mol. The van der Waals surface area contributed by atoms with Gasteiger partial charge in [-0.05, 0) is 29.1 Å². The topological polar surface area (TPSA) is 49.8 Å². The molecule has 4 nitrogen and oxygen atoms in total. The van der Waals surface area contributed by atoms with Gasteiger partial charge in [0.1, 0.15) is 0 Å². The van der Waals surface area contributed by atoms with Crippen molar-refractivity contribution < 1.29 is 0 Å². The van der Waals surface area contributed by atoms with Crippen LogP contribution in [-0.4, -0.2) is 9.97 Å². The Balaban J connectivity index is 1.94. The maximum absolute atomic E-state index is 6.02. The van der Waals surface area contributed by atoms with Crippen LogP contribution in [0.2, 0.25) is 5.28 Å². The fraction of sp³-hybridized carbons (Fsp3) is 0.0769. The van der Waals surface area contributed by atoms with Crippen molar-refractivity contribution in [1.29, 1.82) is 0 Å². The summed E-state index contributed by atoms with van der Waals surface area (Å²) in [5.74, 6) is 0. The Bertz CT molecular complexity index is 770. The van der Waals surface area contributed by atoms with Gasteiger partial charge in [0.2, 0.25) is 5.28 Å². The summed E-state index contributed by atoms with van der Waals surface area (Å²) in [6.45, 7) is 0. The van der Waals surface area contributed by atoms with E-state index in [9.17, 15) is 0 Å². The first kappa shape index (κ1) is 11.2. The summed E-state index contributed by atoms with van der Waals surface area (Å²) in [4.78, 5) is 8.66. The predicted molar refractivity (Wildman–Crippen MR) is 77.5 cm³/mol. The molecule has 2 aromatic heterocycles. The maximum Gasteiger partial charge on any atom is 0.223 e. The van der Waals surface area contributed by atoms with Crippen LogP contribution < -0.4 is 10.9 Å². The summed E-state index contributed by atoms with van der Waals surface area (Å²) in [5.41, 5.74) is 10.5. The Kier molecular flexibility index (Phi) is 2.44. The number of halogens is 1. The first-order chi connectivity index (χ1) is 9.33. The minimum absolute atomic E-state index is 0.00199. The summed E-state index contributed by atoms with van der Waals surface area (Å²) in [6, 6.07) is 10.1. The Morgan fingerprint density at radius 2 is 2.05 bits per heavy atom. The molecule has 1 aromatic carbocycles. The third kappa shape index (κ3) is 1.70. The number of hydrogen-bond acceptors (Lipinski definition) is 5. The van der Waals surface area contributed by atoms with Crippen LogP contribution >= 0.6 is 22.9 Å². The van der Waals surface area contributed by atoms with Crippen LogP contribution in [0.5, 0.6) is 0 Å². The van der Waals surface area contributed by atoms with Gasteiger partial charge in [-0.2, -0.15) is 0 Å². The molecule has 0 fully saturated rings. The fourth-order valence-electron chi connectivity index (χ4n) is 2.36. The van der Waals surface area contributed by atoms with Crippen molar-refractivity contribution >= 4 is 38.8 Å². The second-order valence-electron chi connectivity index (χ2n) is 4.30. The number of rotatable bonds is 1. The molecule has 0 spiro atoms. The van der Waals surface area contributed by atoms with E-state index in [0.29, 0.717) is 0 Å². The number of anilines is 1.